The van der Waals surface area contributed by atoms with Gasteiger partial charge in [-0.3, -0.25) is 4.68 Å². The third-order valence-electron chi connectivity index (χ3n) is 2.86. The Morgan fingerprint density at radius 2 is 2.06 bits per heavy atom. The van der Waals surface area contributed by atoms with Crippen molar-refractivity contribution < 1.29 is 4.74 Å². The summed E-state index contributed by atoms with van der Waals surface area (Å²) in [5.74, 6) is 0.881. The number of nitrogens with one attached hydrogen (secondary N) is 1. The number of aryl methyl sites for hydroxylation is 2. The summed E-state index contributed by atoms with van der Waals surface area (Å²) in [7, 11) is 1.91. The maximum atomic E-state index is 6.11. The Morgan fingerprint density at radius 3 is 2.61 bits per heavy atom. The second-order valence-corrected chi connectivity index (χ2v) is 5.13. The first-order valence-electron chi connectivity index (χ1n) is 6.60. The average molecular weight is 254 g/mol. The van der Waals surface area contributed by atoms with Gasteiger partial charge < -0.3 is 15.8 Å². The Kier molecular flexibility index (Phi) is 5.02. The summed E-state index contributed by atoms with van der Waals surface area (Å²) in [6.07, 6.45) is 1.96. The molecule has 5 heteroatoms. The first-order chi connectivity index (χ1) is 8.41. The van der Waals surface area contributed by atoms with Gasteiger partial charge in [0.2, 0.25) is 0 Å². The Balaban J connectivity index is 2.73. The molecule has 0 spiro atoms. The van der Waals surface area contributed by atoms with Crippen LogP contribution in [0, 0.1) is 0 Å². The quantitative estimate of drug-likeness (QED) is 0.782. The van der Waals surface area contributed by atoms with Crippen LogP contribution >= 0.6 is 0 Å². The highest BCUT2D eigenvalue weighted by atomic mass is 16.5. The first-order valence-corrected chi connectivity index (χ1v) is 6.60. The summed E-state index contributed by atoms with van der Waals surface area (Å²) >= 11 is 0. The lowest BCUT2D eigenvalue weighted by Gasteiger charge is -2.25. The predicted molar refractivity (Wildman–Crippen MR) is 75.8 cm³/mol. The van der Waals surface area contributed by atoms with Crippen molar-refractivity contribution in [3.8, 4) is 0 Å². The SMILES string of the molecule is CCCc1nn(C)c(NCC(C)(C)OCC)c1N. The maximum absolute atomic E-state index is 6.11. The molecular formula is C13H26N4O. The van der Waals surface area contributed by atoms with Crippen LogP contribution in [0.4, 0.5) is 11.5 Å². The summed E-state index contributed by atoms with van der Waals surface area (Å²) < 4.78 is 7.46. The third-order valence-corrected chi connectivity index (χ3v) is 2.86. The van der Waals surface area contributed by atoms with Crippen molar-refractivity contribution in [3.63, 3.8) is 0 Å². The van der Waals surface area contributed by atoms with Crippen LogP contribution in [0.1, 0.15) is 39.8 Å². The van der Waals surface area contributed by atoms with Gasteiger partial charge in [-0.2, -0.15) is 5.10 Å². The largest absolute Gasteiger partial charge is 0.394 e. The van der Waals surface area contributed by atoms with Gasteiger partial charge in [-0.1, -0.05) is 13.3 Å². The summed E-state index contributed by atoms with van der Waals surface area (Å²) in [5, 5.41) is 7.77. The normalized spacial score (nSPS) is 11.8. The van der Waals surface area contributed by atoms with Gasteiger partial charge in [0, 0.05) is 20.2 Å². The van der Waals surface area contributed by atoms with E-state index in [-0.39, 0.29) is 5.60 Å². The highest BCUT2D eigenvalue weighted by molar-refractivity contribution is 5.65. The molecule has 1 heterocycles. The van der Waals surface area contributed by atoms with E-state index in [2.05, 4.69) is 31.2 Å². The predicted octanol–water partition coefficient (Wildman–Crippen LogP) is 2.18. The maximum Gasteiger partial charge on any atom is 0.147 e. The molecule has 18 heavy (non-hydrogen) atoms. The smallest absolute Gasteiger partial charge is 0.147 e. The average Bonchev–Trinajstić information content (AvgIpc) is 2.53. The fourth-order valence-corrected chi connectivity index (χ4v) is 1.97. The number of aromatic nitrogens is 2. The van der Waals surface area contributed by atoms with Crippen molar-refractivity contribution in [3.05, 3.63) is 5.69 Å². The lowest BCUT2D eigenvalue weighted by atomic mass is 10.1. The second kappa shape index (κ2) is 6.09. The molecule has 3 N–H and O–H groups in total. The summed E-state index contributed by atoms with van der Waals surface area (Å²) in [6.45, 7) is 9.65. The van der Waals surface area contributed by atoms with Crippen molar-refractivity contribution in [1.82, 2.24) is 9.78 Å². The van der Waals surface area contributed by atoms with E-state index in [9.17, 15) is 0 Å². The van der Waals surface area contributed by atoms with Gasteiger partial charge in [0.15, 0.2) is 0 Å². The number of nitrogen functional groups attached to an aromatic ring is 1. The van der Waals surface area contributed by atoms with Crippen LogP contribution in [-0.2, 0) is 18.2 Å². The molecular weight excluding hydrogens is 228 g/mol. The Morgan fingerprint density at radius 1 is 1.39 bits per heavy atom. The summed E-state index contributed by atoms with van der Waals surface area (Å²) in [6, 6.07) is 0. The molecule has 1 aromatic rings. The highest BCUT2D eigenvalue weighted by Crippen LogP contribution is 2.24. The zero-order chi connectivity index (χ0) is 13.8. The van der Waals surface area contributed by atoms with E-state index in [0.717, 1.165) is 30.0 Å². The zero-order valence-electron chi connectivity index (χ0n) is 12.2. The van der Waals surface area contributed by atoms with Crippen LogP contribution in [0.15, 0.2) is 0 Å². The van der Waals surface area contributed by atoms with E-state index in [1.54, 1.807) is 0 Å². The number of anilines is 2. The van der Waals surface area contributed by atoms with Gasteiger partial charge in [-0.25, -0.2) is 0 Å². The monoisotopic (exact) mass is 254 g/mol. The Hall–Kier alpha value is -1.23. The van der Waals surface area contributed by atoms with Gasteiger partial charge in [-0.15, -0.1) is 0 Å². The minimum atomic E-state index is -0.212. The fourth-order valence-electron chi connectivity index (χ4n) is 1.97. The molecule has 0 fully saturated rings. The van der Waals surface area contributed by atoms with Gasteiger partial charge in [0.1, 0.15) is 5.82 Å². The van der Waals surface area contributed by atoms with Gasteiger partial charge in [0.25, 0.3) is 0 Å². The molecule has 1 aromatic heterocycles. The van der Waals surface area contributed by atoms with Crippen LogP contribution in [-0.4, -0.2) is 28.5 Å². The number of hydrogen-bond acceptors (Lipinski definition) is 4. The molecule has 0 saturated carbocycles. The molecule has 0 aliphatic heterocycles. The lowest BCUT2D eigenvalue weighted by molar-refractivity contribution is 0.000614. The van der Waals surface area contributed by atoms with Crippen LogP contribution in [0.2, 0.25) is 0 Å². The van der Waals surface area contributed by atoms with Crippen LogP contribution in [0.25, 0.3) is 0 Å². The van der Waals surface area contributed by atoms with E-state index in [1.165, 1.54) is 0 Å². The van der Waals surface area contributed by atoms with Crippen LogP contribution in [0.5, 0.6) is 0 Å². The van der Waals surface area contributed by atoms with E-state index in [0.29, 0.717) is 13.2 Å². The molecule has 0 aliphatic rings. The standard InChI is InChI=1S/C13H26N4O/c1-6-8-10-11(14)12(17(5)16-10)15-9-13(3,4)18-7-2/h15H,6-9,14H2,1-5H3. The molecule has 0 bridgehead atoms. The molecule has 0 radical (unpaired) electrons. The van der Waals surface area contributed by atoms with Gasteiger partial charge in [-0.05, 0) is 27.2 Å². The van der Waals surface area contributed by atoms with Crippen LogP contribution in [0.3, 0.4) is 0 Å². The Labute approximate surface area is 110 Å². The van der Waals surface area contributed by atoms with Crippen molar-refractivity contribution in [2.45, 2.75) is 46.1 Å². The molecule has 104 valence electrons. The molecule has 0 unspecified atom stereocenters. The van der Waals surface area contributed by atoms with Crippen molar-refractivity contribution in [2.75, 3.05) is 24.2 Å². The van der Waals surface area contributed by atoms with Crippen molar-refractivity contribution in [1.29, 1.82) is 0 Å². The highest BCUT2D eigenvalue weighted by Gasteiger charge is 2.20. The lowest BCUT2D eigenvalue weighted by Crippen LogP contribution is -2.34. The number of nitrogens with two attached hydrogens (primary N) is 1. The van der Waals surface area contributed by atoms with E-state index >= 15 is 0 Å². The van der Waals surface area contributed by atoms with Crippen LogP contribution < -0.4 is 11.1 Å². The molecule has 0 aromatic carbocycles. The zero-order valence-corrected chi connectivity index (χ0v) is 12.2. The summed E-state index contributed by atoms with van der Waals surface area (Å²) in [5.41, 5.74) is 7.62. The topological polar surface area (TPSA) is 65.1 Å². The minimum absolute atomic E-state index is 0.212. The minimum Gasteiger partial charge on any atom is -0.394 e. The molecule has 0 aliphatic carbocycles. The fraction of sp³-hybridized carbons (Fsp3) is 0.769. The number of nitrogens with zero attached hydrogens (tertiary/aromatic N) is 2. The van der Waals surface area contributed by atoms with Crippen molar-refractivity contribution in [2.24, 2.45) is 7.05 Å². The first kappa shape index (κ1) is 14.8. The number of hydrogen-bond donors (Lipinski definition) is 2. The Bertz CT molecular complexity index is 385. The number of rotatable bonds is 7. The van der Waals surface area contributed by atoms with Gasteiger partial charge >= 0.3 is 0 Å². The van der Waals surface area contributed by atoms with E-state index in [4.69, 9.17) is 10.5 Å². The molecule has 1 rings (SSSR count). The second-order valence-electron chi connectivity index (χ2n) is 5.13. The molecule has 5 nitrogen and oxygen atoms in total. The van der Waals surface area contributed by atoms with E-state index in [1.807, 2.05) is 18.7 Å². The number of ether oxygens (including phenoxy) is 1. The van der Waals surface area contributed by atoms with Crippen molar-refractivity contribution >= 4 is 11.5 Å². The third kappa shape index (κ3) is 3.63. The van der Waals surface area contributed by atoms with E-state index < -0.39 is 0 Å². The molecule has 0 amide bonds. The molecule has 0 saturated heterocycles. The summed E-state index contributed by atoms with van der Waals surface area (Å²) in [4.78, 5) is 0. The molecule has 0 atom stereocenters. The van der Waals surface area contributed by atoms with Gasteiger partial charge in [0.05, 0.1) is 17.0 Å².